The van der Waals surface area contributed by atoms with Crippen LogP contribution in [0.4, 0.5) is 14.9 Å². The lowest BCUT2D eigenvalue weighted by molar-refractivity contribution is -0.274. The zero-order valence-electron chi connectivity index (χ0n) is 22.4. The smallest absolute Gasteiger partial charge is 0.319 e. The molecule has 2 heterocycles. The monoisotopic (exact) mass is 508 g/mol. The largest absolute Gasteiger partial charge is 0.376 e. The number of rotatable bonds is 15. The number of halogens is 1. The Morgan fingerprint density at radius 1 is 0.972 bits per heavy atom. The van der Waals surface area contributed by atoms with Gasteiger partial charge in [0.15, 0.2) is 5.79 Å². The molecule has 2 fully saturated rings. The first-order valence-electron chi connectivity index (χ1n) is 13.7. The van der Waals surface area contributed by atoms with Gasteiger partial charge < -0.3 is 29.6 Å². The first-order chi connectivity index (χ1) is 17.2. The molecule has 0 saturated carbocycles. The van der Waals surface area contributed by atoms with E-state index in [1.54, 1.807) is 0 Å². The van der Waals surface area contributed by atoms with E-state index < -0.39 is 29.8 Å². The van der Waals surface area contributed by atoms with Crippen LogP contribution in [0.5, 0.6) is 0 Å². The van der Waals surface area contributed by atoms with Crippen LogP contribution in [-0.2, 0) is 18.9 Å². The first kappa shape index (κ1) is 28.8. The molecule has 0 bridgehead atoms. The summed E-state index contributed by atoms with van der Waals surface area (Å²) in [4.78, 5) is 12.6. The van der Waals surface area contributed by atoms with Crippen LogP contribution in [-0.4, -0.2) is 49.1 Å². The summed E-state index contributed by atoms with van der Waals surface area (Å²) in [5.41, 5.74) is 0.496. The van der Waals surface area contributed by atoms with Crippen molar-refractivity contribution in [2.24, 2.45) is 0 Å². The van der Waals surface area contributed by atoms with Crippen LogP contribution in [0.25, 0.3) is 0 Å². The van der Waals surface area contributed by atoms with E-state index >= 15 is 0 Å². The van der Waals surface area contributed by atoms with Crippen LogP contribution < -0.4 is 10.6 Å². The zero-order valence-corrected chi connectivity index (χ0v) is 22.4. The van der Waals surface area contributed by atoms with Gasteiger partial charge in [0.2, 0.25) is 5.79 Å². The molecule has 0 aliphatic carbocycles. The second-order valence-corrected chi connectivity index (χ2v) is 10.5. The van der Waals surface area contributed by atoms with E-state index in [2.05, 4.69) is 17.6 Å². The van der Waals surface area contributed by atoms with Gasteiger partial charge in [0.25, 0.3) is 0 Å². The molecule has 1 aromatic rings. The Kier molecular flexibility index (Phi) is 11.0. The van der Waals surface area contributed by atoms with E-state index in [1.165, 1.54) is 75.6 Å². The quantitative estimate of drug-likeness (QED) is 0.264. The van der Waals surface area contributed by atoms with Crippen LogP contribution in [0.2, 0.25) is 0 Å². The lowest BCUT2D eigenvalue weighted by Gasteiger charge is -2.28. The SMILES string of the molecule is CCCCCCCCCCCCOC[C@@]12O[C@@H](C)[C@@H](NC(=O)Nc3ccc(F)cc3)[C@@H]1OC(C)(C)O2. The second-order valence-electron chi connectivity index (χ2n) is 10.5. The van der Waals surface area contributed by atoms with Gasteiger partial charge in [-0.15, -0.1) is 0 Å². The third-order valence-corrected chi connectivity index (χ3v) is 6.83. The van der Waals surface area contributed by atoms with Gasteiger partial charge >= 0.3 is 6.03 Å². The highest BCUT2D eigenvalue weighted by Gasteiger charge is 2.64. The highest BCUT2D eigenvalue weighted by molar-refractivity contribution is 5.89. The van der Waals surface area contributed by atoms with Crippen molar-refractivity contribution in [1.82, 2.24) is 5.32 Å². The van der Waals surface area contributed by atoms with Gasteiger partial charge in [0, 0.05) is 12.3 Å². The molecule has 0 aromatic heterocycles. The van der Waals surface area contributed by atoms with E-state index in [0.717, 1.165) is 12.8 Å². The maximum Gasteiger partial charge on any atom is 0.319 e. The maximum absolute atomic E-state index is 13.1. The summed E-state index contributed by atoms with van der Waals surface area (Å²) in [6, 6.07) is 4.75. The summed E-state index contributed by atoms with van der Waals surface area (Å²) in [7, 11) is 0. The Hall–Kier alpha value is -1.74. The summed E-state index contributed by atoms with van der Waals surface area (Å²) in [6.45, 7) is 8.67. The standard InChI is InChI=1S/C28H45FN2O5/c1-5-6-7-8-9-10-11-12-13-14-19-33-20-28-25(35-27(3,4)36-28)24(21(2)34-28)31-26(32)30-23-17-15-22(29)16-18-23/h15-18,21,24-25H,5-14,19-20H2,1-4H3,(H2,30,31,32)/t21-,24+,25-,28-/m0/s1. The van der Waals surface area contributed by atoms with Crippen LogP contribution in [0.1, 0.15) is 91.9 Å². The molecule has 2 saturated heterocycles. The third-order valence-electron chi connectivity index (χ3n) is 6.83. The van der Waals surface area contributed by atoms with Gasteiger partial charge in [-0.25, -0.2) is 9.18 Å². The fraction of sp³-hybridized carbons (Fsp3) is 0.750. The maximum atomic E-state index is 13.1. The number of unbranched alkanes of at least 4 members (excludes halogenated alkanes) is 9. The summed E-state index contributed by atoms with van der Waals surface area (Å²) < 4.78 is 37.7. The highest BCUT2D eigenvalue weighted by atomic mass is 19.1. The average Bonchev–Trinajstić information content (AvgIpc) is 3.22. The van der Waals surface area contributed by atoms with E-state index in [0.29, 0.717) is 12.3 Å². The predicted molar refractivity (Wildman–Crippen MR) is 138 cm³/mol. The fourth-order valence-electron chi connectivity index (χ4n) is 5.06. The van der Waals surface area contributed by atoms with Crippen molar-refractivity contribution >= 4 is 11.7 Å². The normalized spacial score (nSPS) is 26.6. The number of urea groups is 1. The zero-order chi connectivity index (χ0) is 26.0. The number of hydrogen-bond donors (Lipinski definition) is 2. The molecular weight excluding hydrogens is 463 g/mol. The van der Waals surface area contributed by atoms with Crippen molar-refractivity contribution in [3.8, 4) is 0 Å². The topological polar surface area (TPSA) is 78.1 Å². The van der Waals surface area contributed by atoms with Crippen molar-refractivity contribution in [2.75, 3.05) is 18.5 Å². The van der Waals surface area contributed by atoms with E-state index in [9.17, 15) is 9.18 Å². The summed E-state index contributed by atoms with van der Waals surface area (Å²) >= 11 is 0. The molecule has 1 aromatic carbocycles. The molecule has 0 radical (unpaired) electrons. The number of carbonyl (C=O) groups excluding carboxylic acids is 1. The molecule has 204 valence electrons. The highest BCUT2D eigenvalue weighted by Crippen LogP contribution is 2.45. The van der Waals surface area contributed by atoms with Crippen molar-refractivity contribution in [2.45, 2.75) is 122 Å². The summed E-state index contributed by atoms with van der Waals surface area (Å²) in [5, 5.41) is 5.67. The third kappa shape index (κ3) is 8.40. The Labute approximate surface area is 215 Å². The van der Waals surface area contributed by atoms with E-state index in [1.807, 2.05) is 20.8 Å². The fourth-order valence-corrected chi connectivity index (χ4v) is 5.06. The van der Waals surface area contributed by atoms with Crippen LogP contribution in [0, 0.1) is 5.82 Å². The molecule has 2 N–H and O–H groups in total. The Morgan fingerprint density at radius 2 is 1.58 bits per heavy atom. The molecule has 7 nitrogen and oxygen atoms in total. The predicted octanol–water partition coefficient (Wildman–Crippen LogP) is 6.52. The first-order valence-corrected chi connectivity index (χ1v) is 13.7. The number of ether oxygens (including phenoxy) is 4. The van der Waals surface area contributed by atoms with Gasteiger partial charge in [-0.3, -0.25) is 0 Å². The molecule has 3 rings (SSSR count). The Balaban J connectivity index is 1.41. The van der Waals surface area contributed by atoms with Crippen LogP contribution in [0.3, 0.4) is 0 Å². The Bertz CT molecular complexity index is 806. The molecule has 8 heteroatoms. The summed E-state index contributed by atoms with van der Waals surface area (Å²) in [5.74, 6) is -2.30. The molecule has 36 heavy (non-hydrogen) atoms. The number of carbonyl (C=O) groups is 1. The van der Waals surface area contributed by atoms with Crippen molar-refractivity contribution < 1.29 is 28.1 Å². The Morgan fingerprint density at radius 3 is 2.22 bits per heavy atom. The van der Waals surface area contributed by atoms with Crippen LogP contribution >= 0.6 is 0 Å². The van der Waals surface area contributed by atoms with Gasteiger partial charge in [-0.2, -0.15) is 0 Å². The minimum atomic E-state index is -1.07. The lowest BCUT2D eigenvalue weighted by atomic mass is 10.0. The van der Waals surface area contributed by atoms with Crippen molar-refractivity contribution in [1.29, 1.82) is 0 Å². The average molecular weight is 509 g/mol. The molecule has 4 atom stereocenters. The van der Waals surface area contributed by atoms with Crippen LogP contribution in [0.15, 0.2) is 24.3 Å². The minimum absolute atomic E-state index is 0.237. The molecule has 2 amide bonds. The molecule has 0 unspecified atom stereocenters. The number of fused-ring (bicyclic) bond motifs is 1. The number of amides is 2. The van der Waals surface area contributed by atoms with Crippen molar-refractivity contribution in [3.05, 3.63) is 30.1 Å². The second kappa shape index (κ2) is 13.7. The number of anilines is 1. The van der Waals surface area contributed by atoms with Gasteiger partial charge in [-0.1, -0.05) is 64.7 Å². The number of nitrogens with one attached hydrogen (secondary N) is 2. The van der Waals surface area contributed by atoms with Gasteiger partial charge in [0.05, 0.1) is 12.1 Å². The van der Waals surface area contributed by atoms with E-state index in [4.69, 9.17) is 18.9 Å². The molecule has 2 aliphatic heterocycles. The molecule has 0 spiro atoms. The van der Waals surface area contributed by atoms with Gasteiger partial charge in [0.1, 0.15) is 18.5 Å². The number of hydrogen-bond acceptors (Lipinski definition) is 5. The van der Waals surface area contributed by atoms with E-state index in [-0.39, 0.29) is 18.5 Å². The number of benzene rings is 1. The molecular formula is C28H45FN2O5. The summed E-state index contributed by atoms with van der Waals surface area (Å²) in [6.07, 6.45) is 11.9. The van der Waals surface area contributed by atoms with Gasteiger partial charge in [-0.05, 0) is 51.5 Å². The lowest BCUT2D eigenvalue weighted by Crippen LogP contribution is -2.51. The minimum Gasteiger partial charge on any atom is -0.376 e. The molecule has 2 aliphatic rings. The van der Waals surface area contributed by atoms with Crippen molar-refractivity contribution in [3.63, 3.8) is 0 Å².